The first-order valence-corrected chi connectivity index (χ1v) is 4.69. The Labute approximate surface area is 86.2 Å². The monoisotopic (exact) mass is 193 g/mol. The molecule has 3 aromatic rings. The summed E-state index contributed by atoms with van der Waals surface area (Å²) in [5.41, 5.74) is 1.67. The molecule has 0 unspecified atom stereocenters. The fraction of sp³-hybridized carbons (Fsp3) is 0. The molecule has 3 rings (SSSR count). The van der Waals surface area contributed by atoms with E-state index in [1.807, 2.05) is 30.3 Å². The van der Waals surface area contributed by atoms with Crippen LogP contribution in [0, 0.1) is 12.1 Å². The minimum atomic E-state index is 0.0104. The Kier molecular flexibility index (Phi) is 1.62. The second-order valence-electron chi connectivity index (χ2n) is 3.39. The molecule has 15 heavy (non-hydrogen) atoms. The Morgan fingerprint density at radius 1 is 1.07 bits per heavy atom. The van der Waals surface area contributed by atoms with Gasteiger partial charge in [0.05, 0.1) is 10.9 Å². The molecule has 0 bridgehead atoms. The predicted molar refractivity (Wildman–Crippen MR) is 59.7 cm³/mol. The van der Waals surface area contributed by atoms with E-state index in [4.69, 9.17) is 0 Å². The minimum Gasteiger partial charge on any atom is -0.354 e. The molecule has 1 aromatic heterocycles. The van der Waals surface area contributed by atoms with Gasteiger partial charge in [-0.3, -0.25) is 4.79 Å². The Morgan fingerprint density at radius 3 is 2.87 bits per heavy atom. The first kappa shape index (κ1) is 8.24. The van der Waals surface area contributed by atoms with Gasteiger partial charge in [0.15, 0.2) is 5.43 Å². The molecule has 0 saturated carbocycles. The SMILES string of the molecule is O=c1c2[c][c]ccc2[nH]c2ccccc12. The Morgan fingerprint density at radius 2 is 1.93 bits per heavy atom. The van der Waals surface area contributed by atoms with E-state index in [9.17, 15) is 4.79 Å². The van der Waals surface area contributed by atoms with Crippen LogP contribution < -0.4 is 5.43 Å². The number of H-pyrrole nitrogens is 1. The van der Waals surface area contributed by atoms with Crippen LogP contribution in [0.25, 0.3) is 21.8 Å². The van der Waals surface area contributed by atoms with E-state index in [0.717, 1.165) is 11.0 Å². The van der Waals surface area contributed by atoms with E-state index < -0.39 is 0 Å². The minimum absolute atomic E-state index is 0.0104. The number of aromatic amines is 1. The lowest BCUT2D eigenvalue weighted by Crippen LogP contribution is -2.03. The molecule has 2 radical (unpaired) electrons. The first-order valence-electron chi connectivity index (χ1n) is 4.69. The van der Waals surface area contributed by atoms with Gasteiger partial charge in [-0.15, -0.1) is 0 Å². The summed E-state index contributed by atoms with van der Waals surface area (Å²) in [5, 5.41) is 1.26. The number of hydrogen-bond acceptors (Lipinski definition) is 1. The number of aromatic nitrogens is 1. The highest BCUT2D eigenvalue weighted by molar-refractivity contribution is 5.91. The van der Waals surface area contributed by atoms with E-state index in [1.165, 1.54) is 0 Å². The average molecular weight is 193 g/mol. The fourth-order valence-electron chi connectivity index (χ4n) is 1.74. The maximum Gasteiger partial charge on any atom is 0.197 e. The molecule has 0 amide bonds. The van der Waals surface area contributed by atoms with Crippen molar-refractivity contribution < 1.29 is 0 Å². The number of rotatable bonds is 0. The van der Waals surface area contributed by atoms with Crippen LogP contribution in [0.2, 0.25) is 0 Å². The Bertz CT molecular complexity index is 640. The van der Waals surface area contributed by atoms with E-state index >= 15 is 0 Å². The number of hydrogen-bond donors (Lipinski definition) is 1. The van der Waals surface area contributed by atoms with Gasteiger partial charge in [0.25, 0.3) is 0 Å². The van der Waals surface area contributed by atoms with Crippen molar-refractivity contribution in [3.05, 3.63) is 58.8 Å². The van der Waals surface area contributed by atoms with Crippen LogP contribution in [0.1, 0.15) is 0 Å². The lowest BCUT2D eigenvalue weighted by Gasteiger charge is -2.00. The molecule has 0 aliphatic carbocycles. The molecular weight excluding hydrogens is 186 g/mol. The van der Waals surface area contributed by atoms with Gasteiger partial charge in [0.2, 0.25) is 0 Å². The molecule has 0 atom stereocenters. The highest BCUT2D eigenvalue weighted by Crippen LogP contribution is 2.12. The van der Waals surface area contributed by atoms with Crippen molar-refractivity contribution in [2.45, 2.75) is 0 Å². The smallest absolute Gasteiger partial charge is 0.197 e. The summed E-state index contributed by atoms with van der Waals surface area (Å²) in [6.45, 7) is 0. The number of nitrogens with one attached hydrogen (secondary N) is 1. The molecule has 0 spiro atoms. The van der Waals surface area contributed by atoms with Crippen molar-refractivity contribution in [1.29, 1.82) is 0 Å². The Balaban J connectivity index is 2.66. The number of pyridine rings is 1. The summed E-state index contributed by atoms with van der Waals surface area (Å²) in [4.78, 5) is 15.2. The third-order valence-corrected chi connectivity index (χ3v) is 2.47. The van der Waals surface area contributed by atoms with Crippen LogP contribution in [-0.2, 0) is 0 Å². The van der Waals surface area contributed by atoms with Gasteiger partial charge in [-0.25, -0.2) is 0 Å². The van der Waals surface area contributed by atoms with Crippen molar-refractivity contribution >= 4 is 21.8 Å². The quantitative estimate of drug-likeness (QED) is 0.546. The zero-order chi connectivity index (χ0) is 10.3. The molecule has 0 aliphatic heterocycles. The lowest BCUT2D eigenvalue weighted by atomic mass is 10.1. The molecule has 0 saturated heterocycles. The summed E-state index contributed by atoms with van der Waals surface area (Å²) in [6.07, 6.45) is 0. The first-order chi connectivity index (χ1) is 7.36. The van der Waals surface area contributed by atoms with E-state index in [0.29, 0.717) is 10.8 Å². The van der Waals surface area contributed by atoms with Crippen LogP contribution in [0.15, 0.2) is 41.2 Å². The number of para-hydroxylation sites is 1. The van der Waals surface area contributed by atoms with Gasteiger partial charge in [-0.05, 0) is 24.3 Å². The van der Waals surface area contributed by atoms with Crippen molar-refractivity contribution in [2.24, 2.45) is 0 Å². The molecule has 2 aromatic carbocycles. The molecule has 0 fully saturated rings. The second-order valence-corrected chi connectivity index (χ2v) is 3.39. The summed E-state index contributed by atoms with van der Waals surface area (Å²) in [6, 6.07) is 16.7. The van der Waals surface area contributed by atoms with Crippen molar-refractivity contribution in [3.63, 3.8) is 0 Å². The van der Waals surface area contributed by atoms with Gasteiger partial charge in [0, 0.05) is 17.0 Å². The highest BCUT2D eigenvalue weighted by atomic mass is 16.1. The third kappa shape index (κ3) is 1.15. The van der Waals surface area contributed by atoms with Crippen molar-refractivity contribution in [3.8, 4) is 0 Å². The molecule has 2 heteroatoms. The van der Waals surface area contributed by atoms with Gasteiger partial charge in [-0.2, -0.15) is 0 Å². The fourth-order valence-corrected chi connectivity index (χ4v) is 1.74. The second kappa shape index (κ2) is 2.95. The number of fused-ring (bicyclic) bond motifs is 2. The standard InChI is InChI=1S/C13H7NO/c15-13-9-5-1-3-7-11(9)14-12-8-4-2-6-10(12)13/h1,3-5,7-8H,(H,14,15). The van der Waals surface area contributed by atoms with E-state index in [2.05, 4.69) is 17.1 Å². The van der Waals surface area contributed by atoms with Crippen LogP contribution in [0.4, 0.5) is 0 Å². The molecule has 70 valence electrons. The van der Waals surface area contributed by atoms with Crippen LogP contribution in [0.3, 0.4) is 0 Å². The summed E-state index contributed by atoms with van der Waals surface area (Å²) < 4.78 is 0. The molecule has 0 aliphatic rings. The summed E-state index contributed by atoms with van der Waals surface area (Å²) in [5.74, 6) is 0. The van der Waals surface area contributed by atoms with Crippen LogP contribution >= 0.6 is 0 Å². The number of benzene rings is 2. The third-order valence-electron chi connectivity index (χ3n) is 2.47. The van der Waals surface area contributed by atoms with E-state index in [1.54, 1.807) is 6.07 Å². The highest BCUT2D eigenvalue weighted by Gasteiger charge is 2.03. The molecule has 1 heterocycles. The summed E-state index contributed by atoms with van der Waals surface area (Å²) >= 11 is 0. The van der Waals surface area contributed by atoms with Crippen LogP contribution in [-0.4, -0.2) is 4.98 Å². The van der Waals surface area contributed by atoms with Gasteiger partial charge < -0.3 is 4.98 Å². The topological polar surface area (TPSA) is 32.9 Å². The van der Waals surface area contributed by atoms with Crippen molar-refractivity contribution in [2.75, 3.05) is 0 Å². The van der Waals surface area contributed by atoms with E-state index in [-0.39, 0.29) is 5.43 Å². The zero-order valence-electron chi connectivity index (χ0n) is 7.87. The van der Waals surface area contributed by atoms with Crippen molar-refractivity contribution in [1.82, 2.24) is 4.98 Å². The largest absolute Gasteiger partial charge is 0.354 e. The Hall–Kier alpha value is -2.09. The lowest BCUT2D eigenvalue weighted by molar-refractivity contribution is 1.48. The summed E-state index contributed by atoms with van der Waals surface area (Å²) in [7, 11) is 0. The molecular formula is C13H7NO. The predicted octanol–water partition coefficient (Wildman–Crippen LogP) is 2.28. The molecule has 1 N–H and O–H groups in total. The zero-order valence-corrected chi connectivity index (χ0v) is 7.87. The van der Waals surface area contributed by atoms with Gasteiger partial charge in [0.1, 0.15) is 0 Å². The normalized spacial score (nSPS) is 10.9. The maximum absolute atomic E-state index is 12.0. The van der Waals surface area contributed by atoms with Gasteiger partial charge >= 0.3 is 0 Å². The molecule has 2 nitrogen and oxygen atoms in total. The maximum atomic E-state index is 12.0. The van der Waals surface area contributed by atoms with Gasteiger partial charge in [-0.1, -0.05) is 18.2 Å². The van der Waals surface area contributed by atoms with Crippen LogP contribution in [0.5, 0.6) is 0 Å². The average Bonchev–Trinajstić information content (AvgIpc) is 2.30.